The Morgan fingerprint density at radius 2 is 1.50 bits per heavy atom. The zero-order chi connectivity index (χ0) is 11.0. The lowest BCUT2D eigenvalue weighted by atomic mass is 9.66. The predicted octanol–water partition coefficient (Wildman–Crippen LogP) is 4.66. The Morgan fingerprint density at radius 3 is 1.93 bits per heavy atom. The zero-order valence-corrected chi connectivity index (χ0v) is 10.7. The molecule has 0 heteroatoms. The molecule has 0 spiro atoms. The fraction of sp³-hybridized carbons (Fsp3) is 0.857. The van der Waals surface area contributed by atoms with Gasteiger partial charge in [0, 0.05) is 0 Å². The molecule has 0 saturated heterocycles. The maximum Gasteiger partial charge on any atom is -0.0182 e. The van der Waals surface area contributed by atoms with Crippen LogP contribution in [-0.4, -0.2) is 0 Å². The minimum atomic E-state index is 0.431. The molecule has 0 amide bonds. The van der Waals surface area contributed by atoms with Crippen LogP contribution in [-0.2, 0) is 0 Å². The number of hydrogen-bond donors (Lipinski definition) is 0. The summed E-state index contributed by atoms with van der Waals surface area (Å²) in [4.78, 5) is 0. The summed E-state index contributed by atoms with van der Waals surface area (Å²) in [5, 5.41) is 0. The Bertz CT molecular complexity index is 209. The highest BCUT2D eigenvalue weighted by molar-refractivity contribution is 5.02. The summed E-state index contributed by atoms with van der Waals surface area (Å²) < 4.78 is 0. The standard InChI is InChI=1S/C14H26/c1-13(2,3)11-8-7-9-12(10-11)14(4,5)6/h7-8,11-12H,9-10H2,1-6H3. The van der Waals surface area contributed by atoms with E-state index in [4.69, 9.17) is 0 Å². The lowest BCUT2D eigenvalue weighted by molar-refractivity contribution is 0.151. The highest BCUT2D eigenvalue weighted by Gasteiger charge is 2.32. The number of rotatable bonds is 0. The molecule has 0 aliphatic heterocycles. The Morgan fingerprint density at radius 1 is 0.929 bits per heavy atom. The first-order valence-electron chi connectivity index (χ1n) is 5.88. The monoisotopic (exact) mass is 194 g/mol. The lowest BCUT2D eigenvalue weighted by Gasteiger charge is -2.39. The molecule has 0 bridgehead atoms. The van der Waals surface area contributed by atoms with Crippen molar-refractivity contribution in [3.63, 3.8) is 0 Å². The van der Waals surface area contributed by atoms with Gasteiger partial charge in [-0.05, 0) is 35.5 Å². The third kappa shape index (κ3) is 2.87. The first kappa shape index (κ1) is 11.8. The maximum absolute atomic E-state index is 2.43. The minimum Gasteiger partial charge on any atom is -0.0879 e. The Labute approximate surface area is 89.8 Å². The molecule has 0 aromatic heterocycles. The van der Waals surface area contributed by atoms with Crippen LogP contribution in [0.25, 0.3) is 0 Å². The Kier molecular flexibility index (Phi) is 3.13. The summed E-state index contributed by atoms with van der Waals surface area (Å²) in [7, 11) is 0. The van der Waals surface area contributed by atoms with Crippen LogP contribution in [0.4, 0.5) is 0 Å². The molecule has 0 N–H and O–H groups in total. The van der Waals surface area contributed by atoms with E-state index >= 15 is 0 Å². The SMILES string of the molecule is CC(C)(C)C1C=CCC(C(C)(C)C)C1. The van der Waals surface area contributed by atoms with Gasteiger partial charge in [-0.2, -0.15) is 0 Å². The van der Waals surface area contributed by atoms with Gasteiger partial charge in [0.05, 0.1) is 0 Å². The molecule has 82 valence electrons. The maximum atomic E-state index is 2.43. The molecule has 0 saturated carbocycles. The predicted molar refractivity (Wildman–Crippen MR) is 64.3 cm³/mol. The highest BCUT2D eigenvalue weighted by Crippen LogP contribution is 2.42. The topological polar surface area (TPSA) is 0 Å². The normalized spacial score (nSPS) is 29.3. The molecule has 1 aliphatic rings. The van der Waals surface area contributed by atoms with E-state index in [-0.39, 0.29) is 0 Å². The molecule has 14 heavy (non-hydrogen) atoms. The first-order valence-corrected chi connectivity index (χ1v) is 5.88. The van der Waals surface area contributed by atoms with Crippen LogP contribution in [0.1, 0.15) is 54.4 Å². The quantitative estimate of drug-likeness (QED) is 0.492. The summed E-state index contributed by atoms with van der Waals surface area (Å²) in [5.41, 5.74) is 0.897. The van der Waals surface area contributed by atoms with Gasteiger partial charge in [-0.1, -0.05) is 53.7 Å². The van der Waals surface area contributed by atoms with Crippen LogP contribution in [0.3, 0.4) is 0 Å². The molecule has 1 aliphatic carbocycles. The van der Waals surface area contributed by atoms with Crippen molar-refractivity contribution in [1.29, 1.82) is 0 Å². The van der Waals surface area contributed by atoms with Crippen molar-refractivity contribution >= 4 is 0 Å². The molecule has 0 nitrogen and oxygen atoms in total. The van der Waals surface area contributed by atoms with Crippen molar-refractivity contribution in [2.75, 3.05) is 0 Å². The average molecular weight is 194 g/mol. The van der Waals surface area contributed by atoms with Crippen molar-refractivity contribution in [3.8, 4) is 0 Å². The van der Waals surface area contributed by atoms with Crippen LogP contribution in [0.15, 0.2) is 12.2 Å². The average Bonchev–Trinajstić information content (AvgIpc) is 2.01. The van der Waals surface area contributed by atoms with E-state index in [1.165, 1.54) is 12.8 Å². The van der Waals surface area contributed by atoms with E-state index in [1.807, 2.05) is 0 Å². The van der Waals surface area contributed by atoms with Crippen LogP contribution >= 0.6 is 0 Å². The van der Waals surface area contributed by atoms with Gasteiger partial charge in [0.25, 0.3) is 0 Å². The molecular weight excluding hydrogens is 168 g/mol. The largest absolute Gasteiger partial charge is 0.0879 e. The number of allylic oxidation sites excluding steroid dienone is 2. The molecule has 0 aromatic carbocycles. The van der Waals surface area contributed by atoms with Crippen LogP contribution in [0.2, 0.25) is 0 Å². The lowest BCUT2D eigenvalue weighted by Crippen LogP contribution is -2.30. The molecule has 0 aromatic rings. The van der Waals surface area contributed by atoms with Gasteiger partial charge in [-0.25, -0.2) is 0 Å². The van der Waals surface area contributed by atoms with E-state index in [9.17, 15) is 0 Å². The van der Waals surface area contributed by atoms with Crippen molar-refractivity contribution in [3.05, 3.63) is 12.2 Å². The van der Waals surface area contributed by atoms with Gasteiger partial charge in [0.2, 0.25) is 0 Å². The highest BCUT2D eigenvalue weighted by atomic mass is 14.4. The smallest absolute Gasteiger partial charge is 0.0182 e. The van der Waals surface area contributed by atoms with Gasteiger partial charge in [-0.3, -0.25) is 0 Å². The van der Waals surface area contributed by atoms with Gasteiger partial charge in [0.1, 0.15) is 0 Å². The summed E-state index contributed by atoms with van der Waals surface area (Å²) >= 11 is 0. The van der Waals surface area contributed by atoms with E-state index < -0.39 is 0 Å². The third-order valence-corrected chi connectivity index (χ3v) is 3.66. The second kappa shape index (κ2) is 3.72. The first-order chi connectivity index (χ1) is 6.21. The fourth-order valence-corrected chi connectivity index (χ4v) is 2.24. The molecule has 0 fully saturated rings. The van der Waals surface area contributed by atoms with Crippen molar-refractivity contribution in [1.82, 2.24) is 0 Å². The van der Waals surface area contributed by atoms with Crippen molar-refractivity contribution in [2.24, 2.45) is 22.7 Å². The van der Waals surface area contributed by atoms with Gasteiger partial charge in [0.15, 0.2) is 0 Å². The minimum absolute atomic E-state index is 0.431. The fourth-order valence-electron chi connectivity index (χ4n) is 2.24. The molecule has 0 radical (unpaired) electrons. The molecule has 2 unspecified atom stereocenters. The summed E-state index contributed by atoms with van der Waals surface area (Å²) in [6.45, 7) is 14.2. The van der Waals surface area contributed by atoms with Gasteiger partial charge in [-0.15, -0.1) is 0 Å². The van der Waals surface area contributed by atoms with Crippen LogP contribution in [0, 0.1) is 22.7 Å². The van der Waals surface area contributed by atoms with Crippen molar-refractivity contribution < 1.29 is 0 Å². The molecule has 0 heterocycles. The van der Waals surface area contributed by atoms with Gasteiger partial charge >= 0.3 is 0 Å². The summed E-state index contributed by atoms with van der Waals surface area (Å²) in [6, 6.07) is 0. The van der Waals surface area contributed by atoms with Gasteiger partial charge < -0.3 is 0 Å². The second-order valence-electron chi connectivity index (χ2n) is 6.94. The summed E-state index contributed by atoms with van der Waals surface area (Å²) in [6.07, 6.45) is 7.47. The molecule has 2 atom stereocenters. The molecule has 1 rings (SSSR count). The van der Waals surface area contributed by atoms with Crippen LogP contribution in [0.5, 0.6) is 0 Å². The van der Waals surface area contributed by atoms with E-state index in [0.717, 1.165) is 11.8 Å². The van der Waals surface area contributed by atoms with E-state index in [1.54, 1.807) is 0 Å². The molecular formula is C14H26. The Hall–Kier alpha value is -0.260. The van der Waals surface area contributed by atoms with E-state index in [2.05, 4.69) is 53.7 Å². The van der Waals surface area contributed by atoms with Crippen molar-refractivity contribution in [2.45, 2.75) is 54.4 Å². The number of hydrogen-bond acceptors (Lipinski definition) is 0. The second-order valence-corrected chi connectivity index (χ2v) is 6.94. The third-order valence-electron chi connectivity index (χ3n) is 3.66. The van der Waals surface area contributed by atoms with Crippen LogP contribution < -0.4 is 0 Å². The van der Waals surface area contributed by atoms with E-state index in [0.29, 0.717) is 10.8 Å². The zero-order valence-electron chi connectivity index (χ0n) is 10.7. The summed E-state index contributed by atoms with van der Waals surface area (Å²) in [5.74, 6) is 1.62. The Balaban J connectivity index is 2.71.